The van der Waals surface area contributed by atoms with E-state index in [-0.39, 0.29) is 11.9 Å². The topological polar surface area (TPSA) is 55.6 Å². The number of ether oxygens (including phenoxy) is 1. The molecule has 1 aliphatic rings. The second-order valence-electron chi connectivity index (χ2n) is 4.64. The van der Waals surface area contributed by atoms with Gasteiger partial charge in [-0.1, -0.05) is 25.5 Å². The van der Waals surface area contributed by atoms with Crippen LogP contribution in [-0.2, 0) is 0 Å². The van der Waals surface area contributed by atoms with Crippen molar-refractivity contribution in [2.24, 2.45) is 5.73 Å². The normalized spacial score (nSPS) is 16.8. The Balaban J connectivity index is 2.12. The van der Waals surface area contributed by atoms with Crippen molar-refractivity contribution >= 4 is 5.91 Å². The Bertz CT molecular complexity index is 420. The zero-order valence-corrected chi connectivity index (χ0v) is 10.8. The SMILES string of the molecule is CCCC(N)CN1CCOc2ccccc2C1=O. The third-order valence-electron chi connectivity index (χ3n) is 3.14. The average Bonchev–Trinajstić information content (AvgIpc) is 2.51. The summed E-state index contributed by atoms with van der Waals surface area (Å²) in [7, 11) is 0. The number of benzene rings is 1. The molecule has 98 valence electrons. The minimum Gasteiger partial charge on any atom is -0.491 e. The van der Waals surface area contributed by atoms with Crippen LogP contribution in [0, 0.1) is 0 Å². The molecule has 2 N–H and O–H groups in total. The Labute approximate surface area is 108 Å². The molecule has 0 aliphatic carbocycles. The first kappa shape index (κ1) is 12.9. The van der Waals surface area contributed by atoms with Gasteiger partial charge in [0.2, 0.25) is 0 Å². The van der Waals surface area contributed by atoms with E-state index >= 15 is 0 Å². The summed E-state index contributed by atoms with van der Waals surface area (Å²) in [4.78, 5) is 14.2. The number of nitrogens with zero attached hydrogens (tertiary/aromatic N) is 1. The minimum absolute atomic E-state index is 0.0228. The van der Waals surface area contributed by atoms with Crippen molar-refractivity contribution in [3.05, 3.63) is 29.8 Å². The molecule has 18 heavy (non-hydrogen) atoms. The third kappa shape index (κ3) is 2.82. The summed E-state index contributed by atoms with van der Waals surface area (Å²) < 4.78 is 5.59. The molecule has 1 aromatic carbocycles. The van der Waals surface area contributed by atoms with Crippen molar-refractivity contribution in [1.29, 1.82) is 0 Å². The van der Waals surface area contributed by atoms with Crippen LogP contribution in [0.4, 0.5) is 0 Å². The Morgan fingerprint density at radius 2 is 2.22 bits per heavy atom. The highest BCUT2D eigenvalue weighted by Crippen LogP contribution is 2.22. The summed E-state index contributed by atoms with van der Waals surface area (Å²) in [6.07, 6.45) is 1.97. The van der Waals surface area contributed by atoms with E-state index in [1.807, 2.05) is 18.2 Å². The van der Waals surface area contributed by atoms with Gasteiger partial charge in [0, 0.05) is 12.6 Å². The van der Waals surface area contributed by atoms with Crippen LogP contribution in [0.1, 0.15) is 30.1 Å². The van der Waals surface area contributed by atoms with Crippen molar-refractivity contribution in [1.82, 2.24) is 4.90 Å². The van der Waals surface area contributed by atoms with Crippen LogP contribution in [-0.4, -0.2) is 36.5 Å². The lowest BCUT2D eigenvalue weighted by molar-refractivity contribution is 0.0743. The fourth-order valence-electron chi connectivity index (χ4n) is 2.23. The van der Waals surface area contributed by atoms with Gasteiger partial charge in [-0.2, -0.15) is 0 Å². The first-order valence-electron chi connectivity index (χ1n) is 6.49. The number of fused-ring (bicyclic) bond motifs is 1. The van der Waals surface area contributed by atoms with Crippen LogP contribution >= 0.6 is 0 Å². The van der Waals surface area contributed by atoms with Crippen LogP contribution in [0.2, 0.25) is 0 Å². The van der Waals surface area contributed by atoms with Crippen molar-refractivity contribution in [3.8, 4) is 5.75 Å². The summed E-state index contributed by atoms with van der Waals surface area (Å²) in [5.41, 5.74) is 6.65. The number of para-hydroxylation sites is 1. The van der Waals surface area contributed by atoms with Crippen molar-refractivity contribution in [2.75, 3.05) is 19.7 Å². The number of rotatable bonds is 4. The van der Waals surface area contributed by atoms with E-state index in [9.17, 15) is 4.79 Å². The predicted octanol–water partition coefficient (Wildman–Crippen LogP) is 1.65. The number of amides is 1. The number of hydrogen-bond acceptors (Lipinski definition) is 3. The van der Waals surface area contributed by atoms with Crippen molar-refractivity contribution in [2.45, 2.75) is 25.8 Å². The molecule has 1 atom stereocenters. The van der Waals surface area contributed by atoms with E-state index in [4.69, 9.17) is 10.5 Å². The van der Waals surface area contributed by atoms with E-state index in [0.29, 0.717) is 31.0 Å². The average molecular weight is 248 g/mol. The standard InChI is InChI=1S/C14H20N2O2/c1-2-5-11(15)10-16-8-9-18-13-7-4-3-6-12(13)14(16)17/h3-4,6-7,11H,2,5,8-10,15H2,1H3. The molecule has 0 aromatic heterocycles. The number of nitrogens with two attached hydrogens (primary N) is 1. The Morgan fingerprint density at radius 3 is 3.00 bits per heavy atom. The minimum atomic E-state index is 0.0228. The van der Waals surface area contributed by atoms with E-state index in [1.165, 1.54) is 0 Å². The monoisotopic (exact) mass is 248 g/mol. The van der Waals surface area contributed by atoms with Gasteiger partial charge in [0.05, 0.1) is 12.1 Å². The molecule has 0 fully saturated rings. The number of hydrogen-bond donors (Lipinski definition) is 1. The zero-order chi connectivity index (χ0) is 13.0. The molecule has 1 unspecified atom stereocenters. The lowest BCUT2D eigenvalue weighted by Crippen LogP contribution is -2.41. The predicted molar refractivity (Wildman–Crippen MR) is 70.7 cm³/mol. The van der Waals surface area contributed by atoms with Crippen LogP contribution in [0.15, 0.2) is 24.3 Å². The smallest absolute Gasteiger partial charge is 0.257 e. The fraction of sp³-hybridized carbons (Fsp3) is 0.500. The second-order valence-corrected chi connectivity index (χ2v) is 4.64. The van der Waals surface area contributed by atoms with Gasteiger partial charge in [0.1, 0.15) is 12.4 Å². The third-order valence-corrected chi connectivity index (χ3v) is 3.14. The van der Waals surface area contributed by atoms with Gasteiger partial charge >= 0.3 is 0 Å². The maximum absolute atomic E-state index is 12.4. The molecule has 0 spiro atoms. The number of carbonyl (C=O) groups excluding carboxylic acids is 1. The lowest BCUT2D eigenvalue weighted by atomic mass is 10.1. The number of carbonyl (C=O) groups is 1. The van der Waals surface area contributed by atoms with Crippen LogP contribution in [0.3, 0.4) is 0 Å². The van der Waals surface area contributed by atoms with Gasteiger partial charge in [0.15, 0.2) is 0 Å². The fourth-order valence-corrected chi connectivity index (χ4v) is 2.23. The molecule has 1 amide bonds. The molecular weight excluding hydrogens is 228 g/mol. The summed E-state index contributed by atoms with van der Waals surface area (Å²) in [5, 5.41) is 0. The van der Waals surface area contributed by atoms with Crippen LogP contribution in [0.5, 0.6) is 5.75 Å². The largest absolute Gasteiger partial charge is 0.491 e. The van der Waals surface area contributed by atoms with Crippen molar-refractivity contribution in [3.63, 3.8) is 0 Å². The molecular formula is C14H20N2O2. The molecule has 2 rings (SSSR count). The molecule has 0 saturated heterocycles. The Hall–Kier alpha value is -1.55. The summed E-state index contributed by atoms with van der Waals surface area (Å²) in [6, 6.07) is 7.42. The molecule has 0 bridgehead atoms. The summed E-state index contributed by atoms with van der Waals surface area (Å²) in [6.45, 7) is 3.83. The first-order valence-corrected chi connectivity index (χ1v) is 6.49. The van der Waals surface area contributed by atoms with E-state index in [2.05, 4.69) is 6.92 Å². The second kappa shape index (κ2) is 5.87. The lowest BCUT2D eigenvalue weighted by Gasteiger charge is -2.23. The molecule has 1 aliphatic heterocycles. The quantitative estimate of drug-likeness (QED) is 0.881. The Morgan fingerprint density at radius 1 is 1.44 bits per heavy atom. The molecule has 1 aromatic rings. The van der Waals surface area contributed by atoms with Gasteiger partial charge in [-0.25, -0.2) is 0 Å². The van der Waals surface area contributed by atoms with Gasteiger partial charge < -0.3 is 15.4 Å². The van der Waals surface area contributed by atoms with Gasteiger partial charge in [-0.05, 0) is 18.6 Å². The van der Waals surface area contributed by atoms with E-state index in [0.717, 1.165) is 12.8 Å². The van der Waals surface area contributed by atoms with E-state index < -0.39 is 0 Å². The molecule has 4 heteroatoms. The van der Waals surface area contributed by atoms with Crippen LogP contribution < -0.4 is 10.5 Å². The highest BCUT2D eigenvalue weighted by atomic mass is 16.5. The Kier molecular flexibility index (Phi) is 4.20. The highest BCUT2D eigenvalue weighted by molar-refractivity contribution is 5.97. The highest BCUT2D eigenvalue weighted by Gasteiger charge is 2.24. The summed E-state index contributed by atoms with van der Waals surface area (Å²) >= 11 is 0. The van der Waals surface area contributed by atoms with Gasteiger partial charge in [-0.15, -0.1) is 0 Å². The zero-order valence-electron chi connectivity index (χ0n) is 10.8. The van der Waals surface area contributed by atoms with Crippen molar-refractivity contribution < 1.29 is 9.53 Å². The van der Waals surface area contributed by atoms with E-state index in [1.54, 1.807) is 11.0 Å². The van der Waals surface area contributed by atoms with Crippen LogP contribution in [0.25, 0.3) is 0 Å². The van der Waals surface area contributed by atoms with Gasteiger partial charge in [0.25, 0.3) is 5.91 Å². The molecule has 1 heterocycles. The first-order chi connectivity index (χ1) is 8.72. The van der Waals surface area contributed by atoms with Gasteiger partial charge in [-0.3, -0.25) is 4.79 Å². The maximum atomic E-state index is 12.4. The molecule has 0 radical (unpaired) electrons. The molecule has 4 nitrogen and oxygen atoms in total. The molecule has 0 saturated carbocycles. The maximum Gasteiger partial charge on any atom is 0.257 e. The summed E-state index contributed by atoms with van der Waals surface area (Å²) in [5.74, 6) is 0.698.